The van der Waals surface area contributed by atoms with Crippen molar-refractivity contribution in [3.8, 4) is 17.2 Å². The summed E-state index contributed by atoms with van der Waals surface area (Å²) in [7, 11) is 4.32. The molecule has 1 aliphatic rings. The predicted octanol–water partition coefficient (Wildman–Crippen LogP) is 2.34. The minimum Gasteiger partial charge on any atom is -0.493 e. The number of nitrogens with zero attached hydrogens (tertiary/aromatic N) is 1. The van der Waals surface area contributed by atoms with Crippen LogP contribution in [0.4, 0.5) is 11.4 Å². The molecule has 0 bridgehead atoms. The zero-order chi connectivity index (χ0) is 22.2. The molecular weight excluding hydrogens is 404 g/mol. The molecule has 1 fully saturated rings. The number of anilines is 2. The van der Waals surface area contributed by atoms with Crippen molar-refractivity contribution in [2.24, 2.45) is 0 Å². The molecular formula is C22H26N2O7. The smallest absolute Gasteiger partial charge is 0.342 e. The SMILES string of the molecule is COc1ccc(C(=O)OCC(=O)Nc2ccc(N3CCOCC3)cc2)c(OC)c1OC. The molecule has 0 aliphatic carbocycles. The van der Waals surface area contributed by atoms with Gasteiger partial charge in [-0.1, -0.05) is 0 Å². The van der Waals surface area contributed by atoms with Crippen molar-refractivity contribution in [2.45, 2.75) is 0 Å². The highest BCUT2D eigenvalue weighted by Crippen LogP contribution is 2.39. The number of esters is 1. The Morgan fingerprint density at radius 2 is 1.61 bits per heavy atom. The van der Waals surface area contributed by atoms with Crippen molar-refractivity contribution in [2.75, 3.05) is 64.5 Å². The monoisotopic (exact) mass is 430 g/mol. The summed E-state index contributed by atoms with van der Waals surface area (Å²) in [5.74, 6) is -0.313. The molecule has 2 aromatic carbocycles. The average molecular weight is 430 g/mol. The molecule has 0 radical (unpaired) electrons. The number of hydrogen-bond acceptors (Lipinski definition) is 8. The van der Waals surface area contributed by atoms with Crippen molar-refractivity contribution in [1.82, 2.24) is 0 Å². The van der Waals surface area contributed by atoms with Gasteiger partial charge in [0.05, 0.1) is 34.5 Å². The molecule has 1 heterocycles. The first-order valence-corrected chi connectivity index (χ1v) is 9.76. The van der Waals surface area contributed by atoms with Crippen LogP contribution in [0.1, 0.15) is 10.4 Å². The molecule has 9 nitrogen and oxygen atoms in total. The van der Waals surface area contributed by atoms with Crippen molar-refractivity contribution in [3.05, 3.63) is 42.0 Å². The van der Waals surface area contributed by atoms with E-state index in [1.165, 1.54) is 27.4 Å². The van der Waals surface area contributed by atoms with Gasteiger partial charge in [0.1, 0.15) is 5.56 Å². The molecule has 0 atom stereocenters. The highest BCUT2D eigenvalue weighted by atomic mass is 16.5. The standard InChI is InChI=1S/C22H26N2O7/c1-27-18-9-8-17(20(28-2)21(18)29-3)22(26)31-14-19(25)23-15-4-6-16(7-5-15)24-10-12-30-13-11-24/h4-9H,10-14H2,1-3H3,(H,23,25). The Bertz CT molecular complexity index is 909. The van der Waals surface area contributed by atoms with Gasteiger partial charge in [0, 0.05) is 24.5 Å². The lowest BCUT2D eigenvalue weighted by atomic mass is 10.1. The maximum Gasteiger partial charge on any atom is 0.342 e. The van der Waals surface area contributed by atoms with Crippen LogP contribution in [-0.2, 0) is 14.3 Å². The molecule has 2 aromatic rings. The minimum atomic E-state index is -0.712. The summed E-state index contributed by atoms with van der Waals surface area (Å²) in [6.45, 7) is 2.63. The summed E-state index contributed by atoms with van der Waals surface area (Å²) in [5, 5.41) is 2.71. The molecule has 9 heteroatoms. The number of ether oxygens (including phenoxy) is 5. The first-order valence-electron chi connectivity index (χ1n) is 9.76. The first kappa shape index (κ1) is 22.2. The largest absolute Gasteiger partial charge is 0.493 e. The van der Waals surface area contributed by atoms with E-state index in [-0.39, 0.29) is 17.1 Å². The second-order valence-corrected chi connectivity index (χ2v) is 6.65. The topological polar surface area (TPSA) is 95.6 Å². The van der Waals surface area contributed by atoms with Crippen LogP contribution in [-0.4, -0.2) is 66.1 Å². The quantitative estimate of drug-likeness (QED) is 0.638. The van der Waals surface area contributed by atoms with Gasteiger partial charge in [-0.15, -0.1) is 0 Å². The van der Waals surface area contributed by atoms with Crippen molar-refractivity contribution in [3.63, 3.8) is 0 Å². The Labute approximate surface area is 180 Å². The zero-order valence-electron chi connectivity index (χ0n) is 17.8. The van der Waals surface area contributed by atoms with Gasteiger partial charge in [-0.05, 0) is 36.4 Å². The maximum atomic E-state index is 12.5. The summed E-state index contributed by atoms with van der Waals surface area (Å²) >= 11 is 0. The minimum absolute atomic E-state index is 0.128. The van der Waals surface area contributed by atoms with Gasteiger partial charge in [0.15, 0.2) is 18.1 Å². The molecule has 1 aliphatic heterocycles. The van der Waals surface area contributed by atoms with Crippen molar-refractivity contribution in [1.29, 1.82) is 0 Å². The van der Waals surface area contributed by atoms with Gasteiger partial charge >= 0.3 is 5.97 Å². The first-order chi connectivity index (χ1) is 15.1. The molecule has 1 N–H and O–H groups in total. The fourth-order valence-electron chi connectivity index (χ4n) is 3.25. The maximum absolute atomic E-state index is 12.5. The Morgan fingerprint density at radius 1 is 0.935 bits per heavy atom. The second kappa shape index (κ2) is 10.5. The van der Waals surface area contributed by atoms with Crippen LogP contribution in [0.15, 0.2) is 36.4 Å². The van der Waals surface area contributed by atoms with Gasteiger partial charge < -0.3 is 33.9 Å². The molecule has 166 valence electrons. The number of morpholine rings is 1. The highest BCUT2D eigenvalue weighted by Gasteiger charge is 2.22. The molecule has 3 rings (SSSR count). The number of carbonyl (C=O) groups is 2. The third-order valence-electron chi connectivity index (χ3n) is 4.79. The normalized spacial score (nSPS) is 13.3. The number of hydrogen-bond donors (Lipinski definition) is 1. The van der Waals surface area contributed by atoms with Crippen LogP contribution in [0.3, 0.4) is 0 Å². The van der Waals surface area contributed by atoms with E-state index in [0.717, 1.165) is 18.8 Å². The highest BCUT2D eigenvalue weighted by molar-refractivity contribution is 5.97. The van der Waals surface area contributed by atoms with Crippen molar-refractivity contribution < 1.29 is 33.3 Å². The van der Waals surface area contributed by atoms with E-state index in [9.17, 15) is 9.59 Å². The van der Waals surface area contributed by atoms with E-state index in [2.05, 4.69) is 10.2 Å². The number of benzene rings is 2. The number of rotatable bonds is 8. The summed E-state index contributed by atoms with van der Waals surface area (Å²) in [6.07, 6.45) is 0. The summed E-state index contributed by atoms with van der Waals surface area (Å²) in [5.41, 5.74) is 1.80. The summed E-state index contributed by atoms with van der Waals surface area (Å²) in [6, 6.07) is 10.5. The Balaban J connectivity index is 1.57. The van der Waals surface area contributed by atoms with Crippen LogP contribution in [0.2, 0.25) is 0 Å². The molecule has 0 unspecified atom stereocenters. The lowest BCUT2D eigenvalue weighted by Crippen LogP contribution is -2.36. The molecule has 0 saturated carbocycles. The molecule has 0 spiro atoms. The van der Waals surface area contributed by atoms with E-state index >= 15 is 0 Å². The van der Waals surface area contributed by atoms with Crippen LogP contribution in [0.25, 0.3) is 0 Å². The Morgan fingerprint density at radius 3 is 2.23 bits per heavy atom. The summed E-state index contributed by atoms with van der Waals surface area (Å²) in [4.78, 5) is 26.9. The van der Waals surface area contributed by atoms with E-state index in [1.807, 2.05) is 24.3 Å². The van der Waals surface area contributed by atoms with Crippen LogP contribution < -0.4 is 24.4 Å². The van der Waals surface area contributed by atoms with Gasteiger partial charge in [0.2, 0.25) is 5.75 Å². The van der Waals surface area contributed by atoms with Crippen LogP contribution in [0, 0.1) is 0 Å². The van der Waals surface area contributed by atoms with E-state index in [1.54, 1.807) is 6.07 Å². The lowest BCUT2D eigenvalue weighted by molar-refractivity contribution is -0.119. The fraction of sp³-hybridized carbons (Fsp3) is 0.364. The third-order valence-corrected chi connectivity index (χ3v) is 4.79. The van der Waals surface area contributed by atoms with Crippen LogP contribution in [0.5, 0.6) is 17.2 Å². The van der Waals surface area contributed by atoms with Gasteiger partial charge in [-0.25, -0.2) is 4.79 Å². The zero-order valence-corrected chi connectivity index (χ0v) is 17.8. The molecule has 31 heavy (non-hydrogen) atoms. The fourth-order valence-corrected chi connectivity index (χ4v) is 3.25. The van der Waals surface area contributed by atoms with E-state index in [0.29, 0.717) is 24.7 Å². The van der Waals surface area contributed by atoms with E-state index in [4.69, 9.17) is 23.7 Å². The number of nitrogens with one attached hydrogen (secondary N) is 1. The number of methoxy groups -OCH3 is 3. The van der Waals surface area contributed by atoms with Gasteiger partial charge in [-0.3, -0.25) is 4.79 Å². The van der Waals surface area contributed by atoms with E-state index < -0.39 is 18.5 Å². The second-order valence-electron chi connectivity index (χ2n) is 6.65. The Kier molecular flexibility index (Phi) is 7.55. The Hall–Kier alpha value is -3.46. The molecule has 0 aromatic heterocycles. The van der Waals surface area contributed by atoms with Crippen molar-refractivity contribution >= 4 is 23.3 Å². The average Bonchev–Trinajstić information content (AvgIpc) is 2.82. The molecule has 1 amide bonds. The lowest BCUT2D eigenvalue weighted by Gasteiger charge is -2.28. The van der Waals surface area contributed by atoms with Gasteiger partial charge in [-0.2, -0.15) is 0 Å². The number of amides is 1. The third kappa shape index (κ3) is 5.37. The van der Waals surface area contributed by atoms with Gasteiger partial charge in [0.25, 0.3) is 5.91 Å². The van der Waals surface area contributed by atoms with Crippen LogP contribution >= 0.6 is 0 Å². The number of carbonyl (C=O) groups excluding carboxylic acids is 2. The predicted molar refractivity (Wildman–Crippen MR) is 114 cm³/mol. The summed E-state index contributed by atoms with van der Waals surface area (Å²) < 4.78 is 26.2. The molecule has 1 saturated heterocycles.